The molecule has 4 heterocycles. The number of nitrogens with one attached hydrogen (secondary N) is 1. The first-order chi connectivity index (χ1) is 23.7. The molecule has 4 atom stereocenters. The minimum Gasteiger partial charge on any atom is -0.493 e. The number of hydrogen-bond donors (Lipinski definition) is 1. The van der Waals surface area contributed by atoms with Crippen molar-refractivity contribution in [2.24, 2.45) is 5.16 Å². The summed E-state index contributed by atoms with van der Waals surface area (Å²) >= 11 is 0. The van der Waals surface area contributed by atoms with Gasteiger partial charge in [0.1, 0.15) is 36.9 Å². The Morgan fingerprint density at radius 1 is 1.02 bits per heavy atom. The number of rotatable bonds is 14. The summed E-state index contributed by atoms with van der Waals surface area (Å²) in [6.45, 7) is 6.22. The average molecular weight is 680 g/mol. The molecule has 4 aliphatic rings. The number of nitrogens with zero attached hydrogens (tertiary/aromatic N) is 2. The smallest absolute Gasteiger partial charge is 0.335 e. The summed E-state index contributed by atoms with van der Waals surface area (Å²) in [7, 11) is 3.15. The van der Waals surface area contributed by atoms with E-state index in [1.165, 1.54) is 0 Å². The Bertz CT molecular complexity index is 1670. The highest BCUT2D eigenvalue weighted by molar-refractivity contribution is 6.07. The molecule has 0 radical (unpaired) electrons. The quantitative estimate of drug-likeness (QED) is 0.176. The number of methoxy groups -OCH3 is 2. The van der Waals surface area contributed by atoms with Gasteiger partial charge in [-0.05, 0) is 36.8 Å². The van der Waals surface area contributed by atoms with Gasteiger partial charge in [-0.1, -0.05) is 11.7 Å². The SMILES string of the molecule is C=C(C)[C@@H]1Oc2ccc(C3=NOC4COc5cc(OC)c(OC)cc5C34)cc2C1OCC(=O)NCCOCCC(=O)ON1C(=O)CCC1=O. The second-order valence-corrected chi connectivity index (χ2v) is 11.8. The summed E-state index contributed by atoms with van der Waals surface area (Å²) in [5, 5.41) is 7.66. The molecule has 3 unspecified atom stereocenters. The van der Waals surface area contributed by atoms with Crippen LogP contribution >= 0.6 is 0 Å². The molecule has 15 heteroatoms. The third kappa shape index (κ3) is 7.03. The van der Waals surface area contributed by atoms with Gasteiger partial charge in [0.2, 0.25) is 5.91 Å². The van der Waals surface area contributed by atoms with Crippen molar-refractivity contribution in [3.8, 4) is 23.0 Å². The number of carbonyl (C=O) groups is 4. The van der Waals surface area contributed by atoms with Crippen LogP contribution in [-0.4, -0.2) is 93.9 Å². The maximum atomic E-state index is 12.7. The molecular weight excluding hydrogens is 642 g/mol. The number of carbonyl (C=O) groups excluding carboxylic acids is 4. The summed E-state index contributed by atoms with van der Waals surface area (Å²) in [5.74, 6) is -0.0595. The minimum atomic E-state index is -0.763. The van der Waals surface area contributed by atoms with E-state index in [2.05, 4.69) is 17.1 Å². The summed E-state index contributed by atoms with van der Waals surface area (Å²) in [4.78, 5) is 58.2. The van der Waals surface area contributed by atoms with Gasteiger partial charge in [-0.15, -0.1) is 5.06 Å². The molecule has 3 amide bonds. The fourth-order valence-electron chi connectivity index (χ4n) is 6.02. The number of amides is 3. The van der Waals surface area contributed by atoms with Crippen LogP contribution in [0.2, 0.25) is 0 Å². The highest BCUT2D eigenvalue weighted by atomic mass is 16.7. The van der Waals surface area contributed by atoms with Gasteiger partial charge in [0.25, 0.3) is 11.8 Å². The molecular formula is C34H37N3O12. The van der Waals surface area contributed by atoms with E-state index >= 15 is 0 Å². The lowest BCUT2D eigenvalue weighted by molar-refractivity contribution is -0.198. The van der Waals surface area contributed by atoms with Crippen LogP contribution in [-0.2, 0) is 38.3 Å². The van der Waals surface area contributed by atoms with Gasteiger partial charge in [0.15, 0.2) is 17.6 Å². The lowest BCUT2D eigenvalue weighted by Crippen LogP contribution is -2.33. The zero-order valence-corrected chi connectivity index (χ0v) is 27.4. The fourth-order valence-corrected chi connectivity index (χ4v) is 6.02. The largest absolute Gasteiger partial charge is 0.493 e. The molecule has 0 bridgehead atoms. The van der Waals surface area contributed by atoms with Crippen molar-refractivity contribution in [2.75, 3.05) is 47.2 Å². The molecule has 0 aliphatic carbocycles. The van der Waals surface area contributed by atoms with E-state index in [1.54, 1.807) is 20.3 Å². The normalized spacial score (nSPS) is 21.8. The van der Waals surface area contributed by atoms with Crippen molar-refractivity contribution in [1.29, 1.82) is 0 Å². The van der Waals surface area contributed by atoms with Gasteiger partial charge >= 0.3 is 5.97 Å². The van der Waals surface area contributed by atoms with Crippen LogP contribution in [0.15, 0.2) is 47.6 Å². The summed E-state index contributed by atoms with van der Waals surface area (Å²) < 4.78 is 34.6. The number of hydrogen-bond acceptors (Lipinski definition) is 13. The third-order valence-corrected chi connectivity index (χ3v) is 8.45. The lowest BCUT2D eigenvalue weighted by atomic mass is 9.83. The Labute approximate surface area is 281 Å². The fraction of sp³-hybridized carbons (Fsp3) is 0.441. The Kier molecular flexibility index (Phi) is 10.0. The number of benzene rings is 2. The monoisotopic (exact) mass is 679 g/mol. The van der Waals surface area contributed by atoms with Crippen molar-refractivity contribution in [3.63, 3.8) is 0 Å². The van der Waals surface area contributed by atoms with Crippen LogP contribution in [0, 0.1) is 0 Å². The number of imide groups is 1. The standard InChI is InChI=1S/C34H37N3O12/c1-18(2)33-34(46-17-27(38)35-10-12-44-11-9-30(41)49-37-28(39)7-8-29(37)40)21-13-19(5-6-22(21)47-33)32-31-20-14-24(42-3)25(43-4)15-23(20)45-16-26(31)48-36-32/h5-6,13-15,26,31,33-34H,1,7-12,16-17H2,2-4H3,(H,35,38)/t26?,31?,33-,34?/m0/s1. The second-order valence-electron chi connectivity index (χ2n) is 11.8. The zero-order valence-electron chi connectivity index (χ0n) is 27.4. The molecule has 0 aromatic heterocycles. The summed E-state index contributed by atoms with van der Waals surface area (Å²) in [6.07, 6.45) is -1.57. The molecule has 1 N–H and O–H groups in total. The molecule has 0 spiro atoms. The van der Waals surface area contributed by atoms with Crippen molar-refractivity contribution in [1.82, 2.24) is 10.4 Å². The Morgan fingerprint density at radius 3 is 2.51 bits per heavy atom. The Hall–Kier alpha value is -5.15. The predicted octanol–water partition coefficient (Wildman–Crippen LogP) is 2.51. The Morgan fingerprint density at radius 2 is 1.78 bits per heavy atom. The topological polar surface area (TPSA) is 170 Å². The van der Waals surface area contributed by atoms with Crippen LogP contribution in [0.1, 0.15) is 54.9 Å². The lowest BCUT2D eigenvalue weighted by Gasteiger charge is -2.28. The molecule has 6 rings (SSSR count). The van der Waals surface area contributed by atoms with Gasteiger partial charge in [0, 0.05) is 42.1 Å². The van der Waals surface area contributed by atoms with Crippen LogP contribution in [0.3, 0.4) is 0 Å². The maximum Gasteiger partial charge on any atom is 0.335 e. The van der Waals surface area contributed by atoms with Crippen LogP contribution in [0.4, 0.5) is 0 Å². The van der Waals surface area contributed by atoms with Crippen molar-refractivity contribution < 1.29 is 57.3 Å². The van der Waals surface area contributed by atoms with E-state index in [0.717, 1.165) is 22.3 Å². The molecule has 2 aromatic rings. The third-order valence-electron chi connectivity index (χ3n) is 8.45. The van der Waals surface area contributed by atoms with Crippen LogP contribution in [0.5, 0.6) is 23.0 Å². The van der Waals surface area contributed by atoms with Gasteiger partial charge in [-0.25, -0.2) is 4.79 Å². The number of hydroxylamine groups is 2. The molecule has 1 saturated heterocycles. The first kappa shape index (κ1) is 33.7. The van der Waals surface area contributed by atoms with E-state index in [1.807, 2.05) is 31.2 Å². The molecule has 0 saturated carbocycles. The highest BCUT2D eigenvalue weighted by Gasteiger charge is 2.44. The molecule has 15 nitrogen and oxygen atoms in total. The molecule has 4 aliphatic heterocycles. The summed E-state index contributed by atoms with van der Waals surface area (Å²) in [5.41, 5.74) is 3.86. The summed E-state index contributed by atoms with van der Waals surface area (Å²) in [6, 6.07) is 9.39. The van der Waals surface area contributed by atoms with Crippen LogP contribution in [0.25, 0.3) is 0 Å². The van der Waals surface area contributed by atoms with Gasteiger partial charge < -0.3 is 43.4 Å². The first-order valence-corrected chi connectivity index (χ1v) is 15.8. The Balaban J connectivity index is 1.04. The van der Waals surface area contributed by atoms with Crippen molar-refractivity contribution >= 4 is 29.4 Å². The highest BCUT2D eigenvalue weighted by Crippen LogP contribution is 2.47. The van der Waals surface area contributed by atoms with E-state index in [4.69, 9.17) is 38.1 Å². The first-order valence-electron chi connectivity index (χ1n) is 15.8. The maximum absolute atomic E-state index is 12.7. The van der Waals surface area contributed by atoms with E-state index in [9.17, 15) is 19.2 Å². The molecule has 260 valence electrons. The number of fused-ring (bicyclic) bond motifs is 4. The van der Waals surface area contributed by atoms with Gasteiger partial charge in [-0.3, -0.25) is 14.4 Å². The van der Waals surface area contributed by atoms with E-state index in [-0.39, 0.29) is 63.6 Å². The average Bonchev–Trinajstić information content (AvgIpc) is 3.79. The predicted molar refractivity (Wildman–Crippen MR) is 169 cm³/mol. The van der Waals surface area contributed by atoms with Crippen molar-refractivity contribution in [3.05, 3.63) is 59.2 Å². The molecule has 2 aromatic carbocycles. The zero-order chi connectivity index (χ0) is 34.7. The van der Waals surface area contributed by atoms with E-state index < -0.39 is 30.0 Å². The molecule has 1 fully saturated rings. The van der Waals surface area contributed by atoms with Gasteiger partial charge in [0.05, 0.1) is 45.5 Å². The second kappa shape index (κ2) is 14.5. The molecule has 49 heavy (non-hydrogen) atoms. The van der Waals surface area contributed by atoms with E-state index in [0.29, 0.717) is 40.4 Å². The number of oxime groups is 1. The van der Waals surface area contributed by atoms with Crippen molar-refractivity contribution in [2.45, 2.75) is 50.4 Å². The number of ether oxygens (including phenoxy) is 6. The van der Waals surface area contributed by atoms with Gasteiger partial charge in [-0.2, -0.15) is 0 Å². The van der Waals surface area contributed by atoms with Crippen LogP contribution < -0.4 is 24.3 Å². The minimum absolute atomic E-state index is 0.0153.